The van der Waals surface area contributed by atoms with Crippen LogP contribution < -0.4 is 0 Å². The van der Waals surface area contributed by atoms with Gasteiger partial charge in [0.1, 0.15) is 11.8 Å². The molecular weight excluding hydrogens is 642 g/mol. The first-order valence-corrected chi connectivity index (χ1v) is 16.1. The molecule has 0 saturated carbocycles. The molecule has 1 atom stereocenters. The van der Waals surface area contributed by atoms with Gasteiger partial charge in [0.25, 0.3) is 0 Å². The Hall–Kier alpha value is -4.86. The second-order valence-electron chi connectivity index (χ2n) is 11.4. The van der Waals surface area contributed by atoms with Crippen LogP contribution in [-0.2, 0) is 16.0 Å². The fourth-order valence-corrected chi connectivity index (χ4v) is 4.99. The van der Waals surface area contributed by atoms with Gasteiger partial charge >= 0.3 is 6.18 Å². The number of nitrogens with zero attached hydrogens (tertiary/aromatic N) is 1. The highest BCUT2D eigenvalue weighted by Gasteiger charge is 2.32. The van der Waals surface area contributed by atoms with Gasteiger partial charge in [0, 0.05) is 47.7 Å². The summed E-state index contributed by atoms with van der Waals surface area (Å²) in [5.41, 5.74) is 5.30. The maximum Gasteiger partial charge on any atom is 0.412 e. The van der Waals surface area contributed by atoms with Gasteiger partial charge in [-0.25, -0.2) is 9.18 Å². The lowest BCUT2D eigenvalue weighted by molar-refractivity contribution is -0.126. The van der Waals surface area contributed by atoms with Crippen molar-refractivity contribution < 1.29 is 31.6 Å². The lowest BCUT2D eigenvalue weighted by Crippen LogP contribution is -2.29. The van der Waals surface area contributed by atoms with Crippen LogP contribution in [0.25, 0.3) is 5.57 Å². The van der Waals surface area contributed by atoms with Gasteiger partial charge in [-0.1, -0.05) is 75.4 Å². The van der Waals surface area contributed by atoms with E-state index < -0.39 is 11.7 Å². The van der Waals surface area contributed by atoms with E-state index in [0.29, 0.717) is 41.8 Å². The number of carbonyl (C=O) groups is 1. The van der Waals surface area contributed by atoms with Crippen LogP contribution in [-0.4, -0.2) is 36.0 Å². The average Bonchev–Trinajstić information content (AvgIpc) is 3.83. The van der Waals surface area contributed by atoms with Crippen LogP contribution in [0.3, 0.4) is 0 Å². The molecule has 1 fully saturated rings. The van der Waals surface area contributed by atoms with Crippen LogP contribution in [0.5, 0.6) is 0 Å². The summed E-state index contributed by atoms with van der Waals surface area (Å²) in [7, 11) is 0. The van der Waals surface area contributed by atoms with Crippen LogP contribution in [0.2, 0.25) is 0 Å². The first-order valence-electron chi connectivity index (χ1n) is 16.1. The fourth-order valence-electron chi connectivity index (χ4n) is 4.99. The molecule has 270 valence electrons. The minimum absolute atomic E-state index is 0. The molecule has 1 aliphatic rings. The van der Waals surface area contributed by atoms with Crippen molar-refractivity contribution in [3.8, 4) is 12.8 Å². The molecule has 1 amide bonds. The number of aryl methyl sites for hydroxylation is 1. The summed E-state index contributed by atoms with van der Waals surface area (Å²) in [6.45, 7) is 12.1. The lowest BCUT2D eigenvalue weighted by atomic mass is 9.98. The number of furan rings is 1. The Morgan fingerprint density at radius 3 is 2.10 bits per heavy atom. The molecule has 3 aromatic rings. The zero-order valence-electron chi connectivity index (χ0n) is 29.2. The number of terminal acetylenes is 1. The third kappa shape index (κ3) is 15.1. The molecule has 0 spiro atoms. The van der Waals surface area contributed by atoms with E-state index in [-0.39, 0.29) is 31.5 Å². The van der Waals surface area contributed by atoms with Crippen molar-refractivity contribution in [1.29, 1.82) is 0 Å². The molecule has 2 heterocycles. The molecular formula is C42H51F4NO3. The summed E-state index contributed by atoms with van der Waals surface area (Å²) in [5, 5.41) is 0. The van der Waals surface area contributed by atoms with E-state index in [4.69, 9.17) is 4.42 Å². The predicted molar refractivity (Wildman–Crippen MR) is 197 cm³/mol. The topological polar surface area (TPSA) is 50.5 Å². The van der Waals surface area contributed by atoms with Crippen LogP contribution in [0.1, 0.15) is 90.8 Å². The minimum Gasteiger partial charge on any atom is -0.472 e. The molecule has 1 unspecified atom stereocenters. The summed E-state index contributed by atoms with van der Waals surface area (Å²) >= 11 is 0. The van der Waals surface area contributed by atoms with Gasteiger partial charge in [-0.2, -0.15) is 13.2 Å². The molecule has 1 aromatic heterocycles. The van der Waals surface area contributed by atoms with Gasteiger partial charge in [-0.05, 0) is 87.9 Å². The molecule has 4 rings (SSSR count). The monoisotopic (exact) mass is 693 g/mol. The van der Waals surface area contributed by atoms with Crippen LogP contribution >= 0.6 is 0 Å². The molecule has 0 N–H and O–H groups in total. The fraction of sp³-hybridized carbons (Fsp3) is 0.357. The Kier molecular flexibility index (Phi) is 21.2. The van der Waals surface area contributed by atoms with Crippen molar-refractivity contribution in [2.45, 2.75) is 86.7 Å². The first-order chi connectivity index (χ1) is 23.3. The van der Waals surface area contributed by atoms with E-state index in [0.717, 1.165) is 30.1 Å². The van der Waals surface area contributed by atoms with Crippen molar-refractivity contribution in [3.05, 3.63) is 130 Å². The lowest BCUT2D eigenvalue weighted by Gasteiger charge is -2.18. The Labute approximate surface area is 296 Å². The zero-order chi connectivity index (χ0) is 37.0. The summed E-state index contributed by atoms with van der Waals surface area (Å²) < 4.78 is 55.5. The van der Waals surface area contributed by atoms with Gasteiger partial charge in [0.05, 0.1) is 12.5 Å². The Morgan fingerprint density at radius 1 is 1.02 bits per heavy atom. The van der Waals surface area contributed by atoms with Crippen molar-refractivity contribution in [3.63, 3.8) is 0 Å². The molecule has 1 saturated heterocycles. The van der Waals surface area contributed by atoms with E-state index in [1.165, 1.54) is 37.1 Å². The number of amides is 1. The normalized spacial score (nSPS) is 14.6. The van der Waals surface area contributed by atoms with Gasteiger partial charge < -0.3 is 9.32 Å². The number of hydrogen-bond acceptors (Lipinski definition) is 3. The van der Waals surface area contributed by atoms with Crippen molar-refractivity contribution >= 4 is 17.4 Å². The number of alkyl halides is 3. The number of allylic oxidation sites excluding steroid dienone is 6. The highest BCUT2D eigenvalue weighted by molar-refractivity contribution is 5.94. The number of carbonyl (C=O) groups excluding carboxylic acids is 2. The molecule has 50 heavy (non-hydrogen) atoms. The van der Waals surface area contributed by atoms with E-state index in [1.807, 2.05) is 23.8 Å². The van der Waals surface area contributed by atoms with Gasteiger partial charge in [-0.15, -0.1) is 12.8 Å². The third-order valence-electron chi connectivity index (χ3n) is 7.97. The molecule has 8 heteroatoms. The largest absolute Gasteiger partial charge is 0.472 e. The molecule has 0 aliphatic carbocycles. The second-order valence-corrected chi connectivity index (χ2v) is 11.4. The molecule has 0 bridgehead atoms. The predicted octanol–water partition coefficient (Wildman–Crippen LogP) is 11.4. The third-order valence-corrected chi connectivity index (χ3v) is 7.97. The van der Waals surface area contributed by atoms with Crippen LogP contribution in [0.15, 0.2) is 112 Å². The molecule has 1 aliphatic heterocycles. The van der Waals surface area contributed by atoms with E-state index in [2.05, 4.69) is 44.0 Å². The molecule has 2 aromatic carbocycles. The number of hydrogen-bond donors (Lipinski definition) is 0. The van der Waals surface area contributed by atoms with Crippen LogP contribution in [0, 0.1) is 18.7 Å². The highest BCUT2D eigenvalue weighted by Crippen LogP contribution is 2.31. The van der Waals surface area contributed by atoms with Gasteiger partial charge in [-0.3, -0.25) is 4.79 Å². The number of benzene rings is 2. The van der Waals surface area contributed by atoms with E-state index >= 15 is 0 Å². The quantitative estimate of drug-likeness (QED) is 0.0776. The SMILES string of the molecule is C.C#C.C/C=C(\C=C(/CC)C(F)(F)F)c1ccoc1.CC(=C=O)C/C(C)=C(/C)C(=O)N1CCC(c2ccc(F)cc2)C1.CCc1ccccc1. The Bertz CT molecular complexity index is 1590. The Morgan fingerprint density at radius 2 is 1.64 bits per heavy atom. The molecule has 4 nitrogen and oxygen atoms in total. The standard InChI is InChI=1S/C19H22FNO2.C12H13F3O.C8H10.C2H2.CH4/c1-13(12-22)10-14(2)15(3)19(23)21-9-8-17(11-21)16-4-6-18(20)7-5-16;1-3-9(10-5-6-16-8-10)7-11(4-2)12(13,14)15;1-2-8-6-4-3-5-7-8;1-2;/h4-7,17H,8-11H2,1-3H3;3,5-8H,4H2,1-2H3;3-7H,2H2,1H3;1-2H;1H4/b15-14-;9-3+,11-7+;;;. The maximum atomic E-state index is 13.0. The zero-order valence-corrected chi connectivity index (χ0v) is 29.2. The highest BCUT2D eigenvalue weighted by atomic mass is 19.4. The molecule has 0 radical (unpaired) electrons. The number of rotatable bonds is 8. The summed E-state index contributed by atoms with van der Waals surface area (Å²) in [6.07, 6.45) is 11.8. The van der Waals surface area contributed by atoms with Crippen LogP contribution in [0.4, 0.5) is 17.6 Å². The number of halogens is 4. The number of likely N-dealkylation sites (tertiary alicyclic amines) is 1. The summed E-state index contributed by atoms with van der Waals surface area (Å²) in [5.74, 6) is 1.90. The van der Waals surface area contributed by atoms with Gasteiger partial charge in [0.15, 0.2) is 0 Å². The second kappa shape index (κ2) is 23.5. The Balaban J connectivity index is 0.000000770. The van der Waals surface area contributed by atoms with E-state index in [1.54, 1.807) is 45.0 Å². The van der Waals surface area contributed by atoms with Crippen molar-refractivity contribution in [2.24, 2.45) is 0 Å². The summed E-state index contributed by atoms with van der Waals surface area (Å²) in [6, 6.07) is 18.6. The van der Waals surface area contributed by atoms with Crippen molar-refractivity contribution in [2.75, 3.05) is 13.1 Å². The van der Waals surface area contributed by atoms with Crippen molar-refractivity contribution in [1.82, 2.24) is 4.90 Å². The summed E-state index contributed by atoms with van der Waals surface area (Å²) in [4.78, 5) is 25.0. The maximum absolute atomic E-state index is 13.0. The smallest absolute Gasteiger partial charge is 0.412 e. The van der Waals surface area contributed by atoms with E-state index in [9.17, 15) is 27.2 Å². The first kappa shape index (κ1) is 45.1. The average molecular weight is 694 g/mol. The van der Waals surface area contributed by atoms with Gasteiger partial charge in [0.2, 0.25) is 5.91 Å². The minimum atomic E-state index is -4.27.